The number of rotatable bonds is 5. The summed E-state index contributed by atoms with van der Waals surface area (Å²) in [4.78, 5) is 0. The molecule has 0 N–H and O–H groups in total. The molecule has 0 atom stereocenters. The van der Waals surface area contributed by atoms with Gasteiger partial charge in [-0.15, -0.1) is 0 Å². The summed E-state index contributed by atoms with van der Waals surface area (Å²) in [6.45, 7) is 0. The molecule has 4 rings (SSSR count). The summed E-state index contributed by atoms with van der Waals surface area (Å²) >= 11 is -1.73. The van der Waals surface area contributed by atoms with Gasteiger partial charge in [0.05, 0.1) is 0 Å². The van der Waals surface area contributed by atoms with Gasteiger partial charge in [0.15, 0.2) is 0 Å². The van der Waals surface area contributed by atoms with Crippen LogP contribution >= 0.6 is 0 Å². The van der Waals surface area contributed by atoms with E-state index in [1.165, 1.54) is 24.2 Å². The number of ether oxygens (including phenoxy) is 2. The number of hydrogen-bond acceptors (Lipinski definition) is 2. The fourth-order valence-corrected chi connectivity index (χ4v) is 8.85. The van der Waals surface area contributed by atoms with Crippen molar-refractivity contribution in [2.24, 2.45) is 0 Å². The van der Waals surface area contributed by atoms with Gasteiger partial charge in [-0.25, -0.2) is 0 Å². The fourth-order valence-electron chi connectivity index (χ4n) is 3.42. The van der Waals surface area contributed by atoms with Crippen molar-refractivity contribution in [2.75, 3.05) is 14.2 Å². The number of methoxy groups -OCH3 is 2. The second-order valence-electron chi connectivity index (χ2n) is 6.18. The van der Waals surface area contributed by atoms with Gasteiger partial charge in [0.2, 0.25) is 0 Å². The van der Waals surface area contributed by atoms with Crippen molar-refractivity contribution in [1.82, 2.24) is 0 Å². The predicted octanol–water partition coefficient (Wildman–Crippen LogP) is 4.66. The first-order chi connectivity index (χ1) is 13.3. The van der Waals surface area contributed by atoms with Crippen molar-refractivity contribution >= 4 is 27.7 Å². The summed E-state index contributed by atoms with van der Waals surface area (Å²) < 4.78 is 15.5. The summed E-state index contributed by atoms with van der Waals surface area (Å²) in [6.07, 6.45) is 4.54. The predicted molar refractivity (Wildman–Crippen MR) is 114 cm³/mol. The molecule has 1 heterocycles. The normalized spacial score (nSPS) is 13.9. The Bertz CT molecular complexity index is 942. The van der Waals surface area contributed by atoms with Crippen LogP contribution in [0.4, 0.5) is 0 Å². The Morgan fingerprint density at radius 2 is 1.00 bits per heavy atom. The number of hydrogen-bond donors (Lipinski definition) is 0. The van der Waals surface area contributed by atoms with Crippen molar-refractivity contribution in [3.8, 4) is 11.5 Å². The van der Waals surface area contributed by atoms with E-state index in [0.717, 1.165) is 11.5 Å². The molecule has 0 saturated carbocycles. The Balaban J connectivity index is 1.86. The van der Waals surface area contributed by atoms with Crippen molar-refractivity contribution in [3.05, 3.63) is 102 Å². The van der Waals surface area contributed by atoms with Gasteiger partial charge >= 0.3 is 165 Å². The molecule has 0 aromatic heterocycles. The molecule has 0 amide bonds. The Hall–Kier alpha value is -2.70. The second-order valence-corrected chi connectivity index (χ2v) is 10.7. The van der Waals surface area contributed by atoms with E-state index < -0.39 is 14.7 Å². The van der Waals surface area contributed by atoms with Crippen LogP contribution in [0.5, 0.6) is 11.5 Å². The average Bonchev–Trinajstić information content (AvgIpc) is 3.19. The zero-order valence-corrected chi connectivity index (χ0v) is 17.3. The summed E-state index contributed by atoms with van der Waals surface area (Å²) in [5, 5.41) is 0. The molecule has 0 bridgehead atoms. The van der Waals surface area contributed by atoms with Gasteiger partial charge in [0, 0.05) is 0 Å². The van der Waals surface area contributed by atoms with Gasteiger partial charge in [-0.05, 0) is 0 Å². The van der Waals surface area contributed by atoms with Gasteiger partial charge in [0.1, 0.15) is 0 Å². The van der Waals surface area contributed by atoms with Crippen LogP contribution in [0, 0.1) is 0 Å². The molecular weight excluding hydrogens is 395 g/mol. The molecule has 0 saturated heterocycles. The first kappa shape index (κ1) is 17.7. The van der Waals surface area contributed by atoms with E-state index in [0.29, 0.717) is 0 Å². The maximum absolute atomic E-state index is 5.66. The minimum atomic E-state index is -1.73. The Morgan fingerprint density at radius 3 is 1.48 bits per heavy atom. The molecule has 134 valence electrons. The van der Waals surface area contributed by atoms with Crippen LogP contribution in [-0.4, -0.2) is 28.9 Å². The quantitative estimate of drug-likeness (QED) is 0.563. The Kier molecular flexibility index (Phi) is 5.18. The first-order valence-corrected chi connectivity index (χ1v) is 11.7. The summed E-state index contributed by atoms with van der Waals surface area (Å²) in [5.41, 5.74) is 2.37. The number of allylic oxidation sites excluding steroid dienone is 2. The third-order valence-electron chi connectivity index (χ3n) is 4.66. The monoisotopic (exact) mass is 416 g/mol. The van der Waals surface area contributed by atoms with E-state index in [1.54, 1.807) is 14.2 Å². The molecule has 2 nitrogen and oxygen atoms in total. The zero-order chi connectivity index (χ0) is 18.6. The van der Waals surface area contributed by atoms with Crippen LogP contribution < -0.4 is 13.8 Å². The first-order valence-electron chi connectivity index (χ1n) is 8.87. The molecule has 3 aromatic rings. The summed E-state index contributed by atoms with van der Waals surface area (Å²) in [7, 11) is 3.48. The van der Waals surface area contributed by atoms with Crippen molar-refractivity contribution < 1.29 is 9.47 Å². The van der Waals surface area contributed by atoms with E-state index in [2.05, 4.69) is 66.7 Å². The number of benzene rings is 3. The van der Waals surface area contributed by atoms with Crippen LogP contribution in [-0.2, 0) is 0 Å². The van der Waals surface area contributed by atoms with E-state index in [4.69, 9.17) is 9.47 Å². The van der Waals surface area contributed by atoms with Crippen molar-refractivity contribution in [1.29, 1.82) is 0 Å². The summed E-state index contributed by atoms with van der Waals surface area (Å²) in [6, 6.07) is 27.4. The molecule has 0 fully saturated rings. The zero-order valence-electron chi connectivity index (χ0n) is 15.4. The minimum absolute atomic E-state index is 0.925. The topological polar surface area (TPSA) is 18.5 Å². The summed E-state index contributed by atoms with van der Waals surface area (Å²) in [5.74, 6) is 1.85. The van der Waals surface area contributed by atoms with Crippen LogP contribution in [0.1, 0.15) is 11.1 Å². The Morgan fingerprint density at radius 1 is 0.556 bits per heavy atom. The fraction of sp³-hybridized carbons (Fsp3) is 0.0833. The molecular formula is C24H21AsO2. The van der Waals surface area contributed by atoms with E-state index in [-0.39, 0.29) is 0 Å². The van der Waals surface area contributed by atoms with Gasteiger partial charge in [-0.1, -0.05) is 0 Å². The number of para-hydroxylation sites is 2. The Labute approximate surface area is 165 Å². The van der Waals surface area contributed by atoms with Gasteiger partial charge in [0.25, 0.3) is 0 Å². The van der Waals surface area contributed by atoms with Crippen LogP contribution in [0.15, 0.2) is 91.0 Å². The SMILES string of the molecule is COc1ccccc1C1=CC=C(c2ccccc2OC)[As]1c1ccccc1. The van der Waals surface area contributed by atoms with Crippen LogP contribution in [0.3, 0.4) is 0 Å². The van der Waals surface area contributed by atoms with Gasteiger partial charge in [-0.3, -0.25) is 0 Å². The van der Waals surface area contributed by atoms with E-state index in [1.807, 2.05) is 24.3 Å². The molecule has 0 aliphatic carbocycles. The van der Waals surface area contributed by atoms with Crippen molar-refractivity contribution in [2.45, 2.75) is 0 Å². The molecule has 1 aliphatic heterocycles. The maximum atomic E-state index is 5.66. The molecule has 1 aliphatic rings. The van der Waals surface area contributed by atoms with Crippen LogP contribution in [0.25, 0.3) is 8.72 Å². The molecule has 3 aromatic carbocycles. The van der Waals surface area contributed by atoms with E-state index >= 15 is 0 Å². The molecule has 27 heavy (non-hydrogen) atoms. The second kappa shape index (κ2) is 7.90. The van der Waals surface area contributed by atoms with Gasteiger partial charge < -0.3 is 0 Å². The standard InChI is InChI=1S/C24H21AsO2/c1-26-23-14-8-6-12-19(23)21-16-17-22(20-13-7-9-15-24(20)27-2)25(21)18-10-4-3-5-11-18/h3-17H,1-2H3. The molecule has 0 unspecified atom stereocenters. The molecule has 0 radical (unpaired) electrons. The molecule has 3 heteroatoms. The average molecular weight is 416 g/mol. The van der Waals surface area contributed by atoms with Crippen molar-refractivity contribution in [3.63, 3.8) is 0 Å². The molecule has 0 spiro atoms. The van der Waals surface area contributed by atoms with Gasteiger partial charge in [-0.2, -0.15) is 0 Å². The third kappa shape index (κ3) is 3.33. The third-order valence-corrected chi connectivity index (χ3v) is 10.0. The van der Waals surface area contributed by atoms with Crippen LogP contribution in [0.2, 0.25) is 0 Å². The van der Waals surface area contributed by atoms with E-state index in [9.17, 15) is 0 Å².